The Labute approximate surface area is 246 Å². The summed E-state index contributed by atoms with van der Waals surface area (Å²) in [5, 5.41) is 3.67. The zero-order valence-corrected chi connectivity index (χ0v) is 25.5. The Kier molecular flexibility index (Phi) is 10.9. The summed E-state index contributed by atoms with van der Waals surface area (Å²) in [6.45, 7) is 8.41. The van der Waals surface area contributed by atoms with Crippen LogP contribution in [-0.4, -0.2) is 46.4 Å². The molecule has 0 saturated carbocycles. The number of hydrogen-bond acceptors (Lipinski definition) is 9. The Bertz CT molecular complexity index is 1530. The average molecular weight is 598 g/mol. The summed E-state index contributed by atoms with van der Waals surface area (Å²) in [5.74, 6) is 0.881. The highest BCUT2D eigenvalue weighted by Gasteiger charge is 2.33. The van der Waals surface area contributed by atoms with Crippen molar-refractivity contribution in [2.75, 3.05) is 25.6 Å². The van der Waals surface area contributed by atoms with Crippen LogP contribution in [0.4, 0.5) is 5.82 Å². The summed E-state index contributed by atoms with van der Waals surface area (Å²) < 4.78 is 38.7. The number of nitrogens with one attached hydrogen (secondary N) is 1. The van der Waals surface area contributed by atoms with Crippen LogP contribution in [0.25, 0.3) is 21.9 Å². The van der Waals surface area contributed by atoms with E-state index in [-0.39, 0.29) is 19.3 Å². The lowest BCUT2D eigenvalue weighted by atomic mass is 10.1. The Balaban J connectivity index is 1.66. The fourth-order valence-corrected chi connectivity index (χ4v) is 6.37. The molecule has 2 aromatic heterocycles. The molecule has 0 amide bonds. The fraction of sp³-hybridized carbons (Fsp3) is 0.433. The van der Waals surface area contributed by atoms with Crippen LogP contribution in [0, 0.1) is 0 Å². The molecule has 42 heavy (non-hydrogen) atoms. The molecule has 11 nitrogen and oxygen atoms in total. The molecular formula is C30H40N5O6P. The number of aromatic nitrogens is 3. The average Bonchev–Trinajstić information content (AvgIpc) is 3.36. The van der Waals surface area contributed by atoms with Gasteiger partial charge in [0.25, 0.3) is 0 Å². The zero-order valence-electron chi connectivity index (χ0n) is 24.6. The summed E-state index contributed by atoms with van der Waals surface area (Å²) in [4.78, 5) is 21.8. The predicted molar refractivity (Wildman–Crippen MR) is 163 cm³/mol. The molecule has 0 radical (unpaired) electrons. The van der Waals surface area contributed by atoms with E-state index in [4.69, 9.17) is 29.2 Å². The number of hydrogen-bond donors (Lipinski definition) is 2. The van der Waals surface area contributed by atoms with Gasteiger partial charge in [-0.25, -0.2) is 14.5 Å². The Morgan fingerprint density at radius 3 is 2.48 bits per heavy atom. The molecule has 1 unspecified atom stereocenters. The van der Waals surface area contributed by atoms with Crippen molar-refractivity contribution in [1.29, 1.82) is 0 Å². The molecule has 0 fully saturated rings. The number of pyridine rings is 1. The van der Waals surface area contributed by atoms with E-state index in [1.54, 1.807) is 38.1 Å². The second kappa shape index (κ2) is 14.6. The van der Waals surface area contributed by atoms with Gasteiger partial charge in [-0.2, -0.15) is 5.09 Å². The number of esters is 1. The maximum absolute atomic E-state index is 13.9. The molecule has 2 aromatic carbocycles. The van der Waals surface area contributed by atoms with E-state index in [9.17, 15) is 9.36 Å². The van der Waals surface area contributed by atoms with E-state index in [0.717, 1.165) is 35.1 Å². The summed E-state index contributed by atoms with van der Waals surface area (Å²) in [5.41, 5.74) is 8.65. The van der Waals surface area contributed by atoms with Crippen molar-refractivity contribution in [3.63, 3.8) is 0 Å². The third-order valence-corrected chi connectivity index (χ3v) is 8.40. The van der Waals surface area contributed by atoms with Gasteiger partial charge in [0.15, 0.2) is 5.82 Å². The first-order valence-corrected chi connectivity index (χ1v) is 15.9. The van der Waals surface area contributed by atoms with E-state index in [1.165, 1.54) is 0 Å². The maximum Gasteiger partial charge on any atom is 0.459 e. The number of rotatable bonds is 16. The SMILES string of the molecule is CCC[C@H](CCOP(=O)(N[C@@H](C)C(=O)OCC)Oc1ccccc1)n1c(COCC)nc2c(N)nc3ccccc3c21. The van der Waals surface area contributed by atoms with Gasteiger partial charge in [-0.1, -0.05) is 49.7 Å². The molecule has 3 N–H and O–H groups in total. The van der Waals surface area contributed by atoms with Crippen molar-refractivity contribution in [2.24, 2.45) is 0 Å². The number of fused-ring (bicyclic) bond motifs is 3. The third kappa shape index (κ3) is 7.46. The van der Waals surface area contributed by atoms with Crippen LogP contribution in [0.5, 0.6) is 5.75 Å². The number of ether oxygens (including phenoxy) is 2. The van der Waals surface area contributed by atoms with Crippen LogP contribution in [0.2, 0.25) is 0 Å². The minimum absolute atomic E-state index is 0.0730. The van der Waals surface area contributed by atoms with Crippen molar-refractivity contribution >= 4 is 41.5 Å². The fourth-order valence-electron chi connectivity index (χ4n) is 4.87. The van der Waals surface area contributed by atoms with Gasteiger partial charge in [-0.15, -0.1) is 0 Å². The molecule has 4 aromatic rings. The number of nitrogens with zero attached hydrogens (tertiary/aromatic N) is 3. The van der Waals surface area contributed by atoms with Crippen molar-refractivity contribution in [1.82, 2.24) is 19.6 Å². The molecule has 2 heterocycles. The number of carbonyl (C=O) groups excluding carboxylic acids is 1. The minimum atomic E-state index is -3.98. The lowest BCUT2D eigenvalue weighted by Crippen LogP contribution is -2.35. The zero-order chi connectivity index (χ0) is 30.1. The molecule has 0 aliphatic carbocycles. The van der Waals surface area contributed by atoms with Gasteiger partial charge in [0, 0.05) is 18.0 Å². The molecule has 0 bridgehead atoms. The molecule has 226 valence electrons. The smallest absolute Gasteiger partial charge is 0.459 e. The first-order chi connectivity index (χ1) is 20.3. The normalized spacial score (nSPS) is 14.5. The Hall–Kier alpha value is -3.50. The van der Waals surface area contributed by atoms with Crippen LogP contribution in [0.3, 0.4) is 0 Å². The molecule has 0 aliphatic heterocycles. The summed E-state index contributed by atoms with van der Waals surface area (Å²) in [6, 6.07) is 15.5. The largest absolute Gasteiger partial charge is 0.465 e. The topological polar surface area (TPSA) is 140 Å². The number of anilines is 1. The van der Waals surface area contributed by atoms with Crippen molar-refractivity contribution in [2.45, 2.75) is 65.6 Å². The van der Waals surface area contributed by atoms with Gasteiger partial charge >= 0.3 is 13.7 Å². The van der Waals surface area contributed by atoms with Crippen LogP contribution in [-0.2, 0) is 30.0 Å². The summed E-state index contributed by atoms with van der Waals surface area (Å²) >= 11 is 0. The van der Waals surface area contributed by atoms with Gasteiger partial charge in [0.2, 0.25) is 0 Å². The molecule has 0 saturated heterocycles. The molecule has 12 heteroatoms. The molecule has 4 rings (SSSR count). The van der Waals surface area contributed by atoms with Crippen LogP contribution in [0.15, 0.2) is 54.6 Å². The number of para-hydroxylation sites is 2. The number of imidazole rings is 1. The number of benzene rings is 2. The van der Waals surface area contributed by atoms with E-state index >= 15 is 0 Å². The van der Waals surface area contributed by atoms with Gasteiger partial charge in [0.05, 0.1) is 24.2 Å². The van der Waals surface area contributed by atoms with Crippen LogP contribution in [0.1, 0.15) is 58.8 Å². The molecule has 3 atom stereocenters. The number of nitrogens with two attached hydrogens (primary N) is 1. The summed E-state index contributed by atoms with van der Waals surface area (Å²) in [6.07, 6.45) is 2.15. The third-order valence-electron chi connectivity index (χ3n) is 6.72. The van der Waals surface area contributed by atoms with E-state index in [1.807, 2.05) is 37.3 Å². The van der Waals surface area contributed by atoms with E-state index < -0.39 is 19.8 Å². The first-order valence-electron chi connectivity index (χ1n) is 14.4. The summed E-state index contributed by atoms with van der Waals surface area (Å²) in [7, 11) is -3.98. The highest BCUT2D eigenvalue weighted by Crippen LogP contribution is 2.45. The molecule has 0 spiro atoms. The lowest BCUT2D eigenvalue weighted by Gasteiger charge is -2.25. The second-order valence-electron chi connectivity index (χ2n) is 9.82. The second-order valence-corrected chi connectivity index (χ2v) is 11.5. The first kappa shape index (κ1) is 31.4. The number of nitrogen functional groups attached to an aromatic ring is 1. The van der Waals surface area contributed by atoms with Gasteiger partial charge in [-0.05, 0) is 51.8 Å². The van der Waals surface area contributed by atoms with Gasteiger partial charge in [-0.3, -0.25) is 9.32 Å². The lowest BCUT2D eigenvalue weighted by molar-refractivity contribution is -0.144. The predicted octanol–water partition coefficient (Wildman–Crippen LogP) is 6.18. The number of carbonyl (C=O) groups is 1. The van der Waals surface area contributed by atoms with Crippen molar-refractivity contribution in [3.8, 4) is 5.75 Å². The Morgan fingerprint density at radius 2 is 1.76 bits per heavy atom. The van der Waals surface area contributed by atoms with Crippen molar-refractivity contribution in [3.05, 3.63) is 60.4 Å². The van der Waals surface area contributed by atoms with Crippen LogP contribution >= 0.6 is 7.75 Å². The molecular weight excluding hydrogens is 557 g/mol. The van der Waals surface area contributed by atoms with Crippen molar-refractivity contribution < 1.29 is 27.9 Å². The Morgan fingerprint density at radius 1 is 1.02 bits per heavy atom. The maximum atomic E-state index is 13.9. The van der Waals surface area contributed by atoms with Gasteiger partial charge < -0.3 is 24.3 Å². The van der Waals surface area contributed by atoms with Crippen LogP contribution < -0.4 is 15.3 Å². The standard InChI is InChI=1S/C30H40N5O6P/c1-5-13-22(18-19-40-42(37,34-21(4)30(36)39-7-3)41-23-14-9-8-10-15-23)35-26(20-38-6-2)33-27-28(35)24-16-11-12-17-25(24)32-29(27)31/h8-12,14-17,21-22H,5-7,13,18-20H2,1-4H3,(H2,31,32)(H,34,37)/t21-,22+,42?/m0/s1. The quantitative estimate of drug-likeness (QED) is 0.114. The highest BCUT2D eigenvalue weighted by atomic mass is 31.2. The monoisotopic (exact) mass is 597 g/mol. The van der Waals surface area contributed by atoms with E-state index in [2.05, 4.69) is 21.6 Å². The highest BCUT2D eigenvalue weighted by molar-refractivity contribution is 7.52. The minimum Gasteiger partial charge on any atom is -0.465 e. The molecule has 0 aliphatic rings. The van der Waals surface area contributed by atoms with Gasteiger partial charge in [0.1, 0.15) is 29.7 Å². The van der Waals surface area contributed by atoms with E-state index in [0.29, 0.717) is 36.7 Å².